The SMILES string of the molecule is COC1(c2noc(-c3cnn(C(C)C)c3C(F)(F)F)n2)CCCC1. The molecule has 1 aliphatic rings. The molecule has 0 spiro atoms. The smallest absolute Gasteiger partial charge is 0.370 e. The Morgan fingerprint density at radius 2 is 1.96 bits per heavy atom. The van der Waals surface area contributed by atoms with Gasteiger partial charge in [-0.15, -0.1) is 0 Å². The minimum Gasteiger partial charge on any atom is -0.370 e. The van der Waals surface area contributed by atoms with Crippen molar-refractivity contribution in [1.29, 1.82) is 0 Å². The van der Waals surface area contributed by atoms with E-state index >= 15 is 0 Å². The third-order valence-electron chi connectivity index (χ3n) is 4.42. The van der Waals surface area contributed by atoms with E-state index in [1.807, 2.05) is 0 Å². The lowest BCUT2D eigenvalue weighted by molar-refractivity contribution is -0.144. The highest BCUT2D eigenvalue weighted by atomic mass is 19.4. The first-order chi connectivity index (χ1) is 11.3. The molecule has 0 N–H and O–H groups in total. The van der Waals surface area contributed by atoms with Crippen LogP contribution in [0.5, 0.6) is 0 Å². The van der Waals surface area contributed by atoms with Crippen molar-refractivity contribution in [2.45, 2.75) is 57.3 Å². The molecule has 9 heteroatoms. The van der Waals surface area contributed by atoms with Crippen LogP contribution >= 0.6 is 0 Å². The summed E-state index contributed by atoms with van der Waals surface area (Å²) in [6, 6.07) is -0.446. The van der Waals surface area contributed by atoms with E-state index in [2.05, 4.69) is 15.2 Å². The van der Waals surface area contributed by atoms with Crippen molar-refractivity contribution in [2.75, 3.05) is 7.11 Å². The van der Waals surface area contributed by atoms with Crippen LogP contribution in [-0.2, 0) is 16.5 Å². The molecule has 6 nitrogen and oxygen atoms in total. The Balaban J connectivity index is 2.05. The Hall–Kier alpha value is -1.90. The van der Waals surface area contributed by atoms with Gasteiger partial charge in [-0.25, -0.2) is 0 Å². The fourth-order valence-corrected chi connectivity index (χ4v) is 3.18. The maximum Gasteiger partial charge on any atom is 0.433 e. The van der Waals surface area contributed by atoms with E-state index in [1.54, 1.807) is 21.0 Å². The number of aromatic nitrogens is 4. The van der Waals surface area contributed by atoms with E-state index in [0.29, 0.717) is 5.82 Å². The third-order valence-corrected chi connectivity index (χ3v) is 4.42. The molecule has 2 aromatic rings. The zero-order chi connectivity index (χ0) is 17.5. The molecule has 1 fully saturated rings. The van der Waals surface area contributed by atoms with Gasteiger partial charge in [0.2, 0.25) is 5.82 Å². The van der Waals surface area contributed by atoms with Crippen molar-refractivity contribution < 1.29 is 22.4 Å². The molecule has 1 saturated carbocycles. The number of hydrogen-bond acceptors (Lipinski definition) is 5. The Kier molecular flexibility index (Phi) is 4.15. The Morgan fingerprint density at radius 1 is 1.29 bits per heavy atom. The predicted molar refractivity (Wildman–Crippen MR) is 78.1 cm³/mol. The van der Waals surface area contributed by atoms with Gasteiger partial charge in [0.25, 0.3) is 5.89 Å². The minimum atomic E-state index is -4.57. The van der Waals surface area contributed by atoms with Crippen LogP contribution in [0.3, 0.4) is 0 Å². The van der Waals surface area contributed by atoms with E-state index in [0.717, 1.165) is 36.6 Å². The summed E-state index contributed by atoms with van der Waals surface area (Å²) in [6.07, 6.45) is -0.0986. The first-order valence-corrected chi connectivity index (χ1v) is 7.83. The van der Waals surface area contributed by atoms with E-state index in [4.69, 9.17) is 9.26 Å². The largest absolute Gasteiger partial charge is 0.433 e. The van der Waals surface area contributed by atoms with Gasteiger partial charge in [-0.05, 0) is 39.5 Å². The van der Waals surface area contributed by atoms with Gasteiger partial charge in [0.05, 0.1) is 11.8 Å². The zero-order valence-electron chi connectivity index (χ0n) is 13.7. The topological polar surface area (TPSA) is 66.0 Å². The van der Waals surface area contributed by atoms with Crippen LogP contribution in [-0.4, -0.2) is 27.0 Å². The van der Waals surface area contributed by atoms with Crippen LogP contribution in [0.1, 0.15) is 57.1 Å². The first-order valence-electron chi connectivity index (χ1n) is 7.83. The second-order valence-electron chi connectivity index (χ2n) is 6.27. The maximum atomic E-state index is 13.5. The third kappa shape index (κ3) is 2.70. The number of nitrogens with zero attached hydrogens (tertiary/aromatic N) is 4. The standard InChI is InChI=1S/C15H19F3N4O2/c1-9(2)22-11(15(16,17)18)10(8-19-22)12-20-13(21-24-12)14(23-3)6-4-5-7-14/h8-9H,4-7H2,1-3H3. The summed E-state index contributed by atoms with van der Waals surface area (Å²) in [4.78, 5) is 4.20. The molecular weight excluding hydrogens is 325 g/mol. The summed E-state index contributed by atoms with van der Waals surface area (Å²) in [5, 5.41) is 7.72. The lowest BCUT2D eigenvalue weighted by Gasteiger charge is -2.22. The van der Waals surface area contributed by atoms with Gasteiger partial charge >= 0.3 is 6.18 Å². The first kappa shape index (κ1) is 16.9. The highest BCUT2D eigenvalue weighted by Crippen LogP contribution is 2.42. The van der Waals surface area contributed by atoms with Gasteiger partial charge < -0.3 is 9.26 Å². The maximum absolute atomic E-state index is 13.5. The molecule has 2 aromatic heterocycles. The van der Waals surface area contributed by atoms with Gasteiger partial charge in [-0.1, -0.05) is 5.16 Å². The number of ether oxygens (including phenoxy) is 1. The summed E-state index contributed by atoms with van der Waals surface area (Å²) in [7, 11) is 1.55. The van der Waals surface area contributed by atoms with Crippen LogP contribution < -0.4 is 0 Å². The van der Waals surface area contributed by atoms with Crippen molar-refractivity contribution in [1.82, 2.24) is 19.9 Å². The molecule has 1 aliphatic carbocycles. The molecule has 0 saturated heterocycles. The van der Waals surface area contributed by atoms with Crippen molar-refractivity contribution in [3.8, 4) is 11.5 Å². The second-order valence-corrected chi connectivity index (χ2v) is 6.27. The average Bonchev–Trinajstić information content (AvgIpc) is 3.24. The molecule has 2 heterocycles. The monoisotopic (exact) mass is 344 g/mol. The Bertz CT molecular complexity index is 715. The molecule has 0 unspecified atom stereocenters. The number of halogens is 3. The number of hydrogen-bond donors (Lipinski definition) is 0. The van der Waals surface area contributed by atoms with Crippen LogP contribution in [0, 0.1) is 0 Å². The van der Waals surface area contributed by atoms with Crippen LogP contribution in [0.2, 0.25) is 0 Å². The van der Waals surface area contributed by atoms with E-state index in [9.17, 15) is 13.2 Å². The summed E-state index contributed by atoms with van der Waals surface area (Å²) in [6.45, 7) is 3.26. The lowest BCUT2D eigenvalue weighted by Crippen LogP contribution is -2.25. The normalized spacial score (nSPS) is 17.8. The molecule has 3 rings (SSSR count). The fraction of sp³-hybridized carbons (Fsp3) is 0.667. The molecule has 24 heavy (non-hydrogen) atoms. The molecule has 0 aliphatic heterocycles. The van der Waals surface area contributed by atoms with E-state index < -0.39 is 23.5 Å². The average molecular weight is 344 g/mol. The summed E-state index contributed by atoms with van der Waals surface area (Å²) >= 11 is 0. The van der Waals surface area contributed by atoms with E-state index in [1.165, 1.54) is 0 Å². The van der Waals surface area contributed by atoms with Gasteiger partial charge in [-0.3, -0.25) is 4.68 Å². The molecule has 132 valence electrons. The Labute approximate surface area is 137 Å². The quantitative estimate of drug-likeness (QED) is 0.840. The molecule has 0 amide bonds. The molecule has 0 atom stereocenters. The fourth-order valence-electron chi connectivity index (χ4n) is 3.18. The highest BCUT2D eigenvalue weighted by Gasteiger charge is 2.43. The van der Waals surface area contributed by atoms with Crippen molar-refractivity contribution in [3.63, 3.8) is 0 Å². The van der Waals surface area contributed by atoms with Crippen LogP contribution in [0.25, 0.3) is 11.5 Å². The Morgan fingerprint density at radius 3 is 2.50 bits per heavy atom. The molecule has 0 aromatic carbocycles. The van der Waals surface area contributed by atoms with Crippen LogP contribution in [0.15, 0.2) is 10.7 Å². The number of alkyl halides is 3. The molecule has 0 radical (unpaired) electrons. The molecular formula is C15H19F3N4O2. The summed E-state index contributed by atoms with van der Waals surface area (Å²) in [5.74, 6) is 0.107. The number of methoxy groups -OCH3 is 1. The number of rotatable bonds is 4. The van der Waals surface area contributed by atoms with Gasteiger partial charge in [0.1, 0.15) is 5.60 Å². The zero-order valence-corrected chi connectivity index (χ0v) is 13.7. The second kappa shape index (κ2) is 5.87. The molecule has 0 bridgehead atoms. The van der Waals surface area contributed by atoms with Gasteiger partial charge in [0.15, 0.2) is 5.69 Å². The predicted octanol–water partition coefficient (Wildman–Crippen LogP) is 3.95. The van der Waals surface area contributed by atoms with E-state index in [-0.39, 0.29) is 11.5 Å². The summed E-state index contributed by atoms with van der Waals surface area (Å²) < 4.78 is 52.0. The van der Waals surface area contributed by atoms with Crippen LogP contribution in [0.4, 0.5) is 13.2 Å². The summed E-state index contributed by atoms with van der Waals surface area (Å²) in [5.41, 5.74) is -1.77. The minimum absolute atomic E-state index is 0.187. The van der Waals surface area contributed by atoms with Gasteiger partial charge in [0, 0.05) is 13.2 Å². The van der Waals surface area contributed by atoms with Crippen molar-refractivity contribution in [2.24, 2.45) is 0 Å². The van der Waals surface area contributed by atoms with Gasteiger partial charge in [-0.2, -0.15) is 23.3 Å². The van der Waals surface area contributed by atoms with Crippen molar-refractivity contribution >= 4 is 0 Å². The highest BCUT2D eigenvalue weighted by molar-refractivity contribution is 5.56. The van der Waals surface area contributed by atoms with Crippen molar-refractivity contribution in [3.05, 3.63) is 17.7 Å². The lowest BCUT2D eigenvalue weighted by atomic mass is 10.0.